The molecule has 0 spiro atoms. The Hall–Kier alpha value is -0.570. The number of carbonyl (C=O) groups excluding carboxylic acids is 1. The maximum Gasteiger partial charge on any atom is 0.218 e. The first-order chi connectivity index (χ1) is 4.20. The van der Waals surface area contributed by atoms with E-state index in [9.17, 15) is 4.79 Å². The SMILES string of the molecule is CC(CC(N)=O)N1CC1. The molecule has 1 fully saturated rings. The van der Waals surface area contributed by atoms with Crippen LogP contribution in [0, 0.1) is 0 Å². The van der Waals surface area contributed by atoms with Crippen molar-refractivity contribution >= 4 is 5.91 Å². The van der Waals surface area contributed by atoms with Crippen molar-refractivity contribution in [1.82, 2.24) is 4.90 Å². The highest BCUT2D eigenvalue weighted by molar-refractivity contribution is 5.74. The van der Waals surface area contributed by atoms with Gasteiger partial charge in [0.25, 0.3) is 0 Å². The van der Waals surface area contributed by atoms with Crippen LogP contribution in [0.3, 0.4) is 0 Å². The third-order valence-corrected chi connectivity index (χ3v) is 1.60. The standard InChI is InChI=1S/C6H12N2O/c1-5(4-6(7)9)8-2-3-8/h5H,2-4H2,1H3,(H2,7,9). The topological polar surface area (TPSA) is 46.1 Å². The van der Waals surface area contributed by atoms with Gasteiger partial charge >= 0.3 is 0 Å². The molecule has 1 heterocycles. The van der Waals surface area contributed by atoms with Crippen LogP contribution in [0.2, 0.25) is 0 Å². The van der Waals surface area contributed by atoms with Crippen molar-refractivity contribution in [3.63, 3.8) is 0 Å². The minimum Gasteiger partial charge on any atom is -0.370 e. The zero-order valence-electron chi connectivity index (χ0n) is 5.63. The van der Waals surface area contributed by atoms with Crippen molar-refractivity contribution in [1.29, 1.82) is 0 Å². The summed E-state index contributed by atoms with van der Waals surface area (Å²) >= 11 is 0. The van der Waals surface area contributed by atoms with E-state index in [4.69, 9.17) is 5.73 Å². The molecule has 0 bridgehead atoms. The maximum absolute atomic E-state index is 10.3. The van der Waals surface area contributed by atoms with Crippen molar-refractivity contribution in [3.8, 4) is 0 Å². The molecular weight excluding hydrogens is 116 g/mol. The summed E-state index contributed by atoms with van der Waals surface area (Å²) < 4.78 is 0. The summed E-state index contributed by atoms with van der Waals surface area (Å²) in [5.41, 5.74) is 4.99. The molecule has 1 aliphatic rings. The lowest BCUT2D eigenvalue weighted by Crippen LogP contribution is -2.23. The molecule has 1 saturated heterocycles. The van der Waals surface area contributed by atoms with Gasteiger partial charge in [0.05, 0.1) is 0 Å². The number of rotatable bonds is 3. The van der Waals surface area contributed by atoms with Crippen LogP contribution in [0.1, 0.15) is 13.3 Å². The largest absolute Gasteiger partial charge is 0.370 e. The van der Waals surface area contributed by atoms with E-state index >= 15 is 0 Å². The predicted molar refractivity (Wildman–Crippen MR) is 34.8 cm³/mol. The first-order valence-corrected chi connectivity index (χ1v) is 3.22. The van der Waals surface area contributed by atoms with Gasteiger partial charge in [-0.25, -0.2) is 0 Å². The zero-order valence-corrected chi connectivity index (χ0v) is 5.63. The average molecular weight is 128 g/mol. The fourth-order valence-electron chi connectivity index (χ4n) is 0.919. The Balaban J connectivity index is 2.17. The lowest BCUT2D eigenvalue weighted by atomic mass is 10.2. The Kier molecular flexibility index (Phi) is 1.71. The Labute approximate surface area is 54.8 Å². The highest BCUT2D eigenvalue weighted by Gasteiger charge is 2.24. The second-order valence-electron chi connectivity index (χ2n) is 2.56. The Bertz CT molecular complexity index is 120. The number of amides is 1. The van der Waals surface area contributed by atoms with Gasteiger partial charge in [0.1, 0.15) is 0 Å². The van der Waals surface area contributed by atoms with E-state index in [2.05, 4.69) is 4.90 Å². The molecule has 52 valence electrons. The summed E-state index contributed by atoms with van der Waals surface area (Å²) in [6, 6.07) is 0.363. The van der Waals surface area contributed by atoms with Crippen LogP contribution in [0.15, 0.2) is 0 Å². The molecule has 9 heavy (non-hydrogen) atoms. The van der Waals surface area contributed by atoms with E-state index in [1.54, 1.807) is 0 Å². The van der Waals surface area contributed by atoms with Crippen LogP contribution in [0.4, 0.5) is 0 Å². The molecule has 1 aliphatic heterocycles. The number of primary amides is 1. The first kappa shape index (κ1) is 6.55. The maximum atomic E-state index is 10.3. The monoisotopic (exact) mass is 128 g/mol. The summed E-state index contributed by atoms with van der Waals surface area (Å²) in [7, 11) is 0. The number of carbonyl (C=O) groups is 1. The van der Waals surface area contributed by atoms with E-state index in [1.165, 1.54) is 0 Å². The fraction of sp³-hybridized carbons (Fsp3) is 0.833. The van der Waals surface area contributed by atoms with Crippen LogP contribution >= 0.6 is 0 Å². The quantitative estimate of drug-likeness (QED) is 0.524. The van der Waals surface area contributed by atoms with Crippen molar-refractivity contribution in [2.24, 2.45) is 5.73 Å². The highest BCUT2D eigenvalue weighted by Crippen LogP contribution is 2.11. The molecule has 3 nitrogen and oxygen atoms in total. The lowest BCUT2D eigenvalue weighted by Gasteiger charge is -2.07. The minimum absolute atomic E-state index is 0.200. The van der Waals surface area contributed by atoms with Gasteiger partial charge in [-0.05, 0) is 6.92 Å². The molecule has 1 amide bonds. The second kappa shape index (κ2) is 2.35. The van der Waals surface area contributed by atoms with Gasteiger partial charge in [-0.1, -0.05) is 0 Å². The number of hydrogen-bond acceptors (Lipinski definition) is 2. The van der Waals surface area contributed by atoms with Crippen molar-refractivity contribution in [2.45, 2.75) is 19.4 Å². The molecule has 0 aromatic rings. The zero-order chi connectivity index (χ0) is 6.85. The van der Waals surface area contributed by atoms with Crippen LogP contribution in [-0.4, -0.2) is 29.9 Å². The van der Waals surface area contributed by atoms with E-state index in [0.29, 0.717) is 12.5 Å². The van der Waals surface area contributed by atoms with Crippen molar-refractivity contribution in [3.05, 3.63) is 0 Å². The molecule has 1 unspecified atom stereocenters. The number of nitrogens with two attached hydrogens (primary N) is 1. The summed E-state index contributed by atoms with van der Waals surface area (Å²) in [4.78, 5) is 12.6. The van der Waals surface area contributed by atoms with Crippen LogP contribution < -0.4 is 5.73 Å². The third kappa shape index (κ3) is 2.01. The van der Waals surface area contributed by atoms with Crippen molar-refractivity contribution < 1.29 is 4.79 Å². The summed E-state index contributed by atoms with van der Waals surface area (Å²) in [5, 5.41) is 0. The van der Waals surface area contributed by atoms with Crippen molar-refractivity contribution in [2.75, 3.05) is 13.1 Å². The summed E-state index contributed by atoms with van der Waals surface area (Å²) in [6.45, 7) is 4.29. The average Bonchev–Trinajstić information content (AvgIpc) is 2.40. The smallest absolute Gasteiger partial charge is 0.218 e. The molecule has 2 N–H and O–H groups in total. The van der Waals surface area contributed by atoms with Gasteiger partial charge in [0, 0.05) is 25.6 Å². The van der Waals surface area contributed by atoms with E-state index < -0.39 is 0 Å². The molecule has 0 aliphatic carbocycles. The molecule has 0 saturated carbocycles. The van der Waals surface area contributed by atoms with Gasteiger partial charge in [-0.2, -0.15) is 0 Å². The molecule has 3 heteroatoms. The Morgan fingerprint density at radius 3 is 2.67 bits per heavy atom. The van der Waals surface area contributed by atoms with E-state index in [1.807, 2.05) is 6.92 Å². The van der Waals surface area contributed by atoms with E-state index in [0.717, 1.165) is 13.1 Å². The van der Waals surface area contributed by atoms with Gasteiger partial charge < -0.3 is 5.73 Å². The molecule has 0 aromatic carbocycles. The molecule has 0 aromatic heterocycles. The number of hydrogen-bond donors (Lipinski definition) is 1. The molecule has 1 rings (SSSR count). The van der Waals surface area contributed by atoms with Crippen LogP contribution in [0.25, 0.3) is 0 Å². The summed E-state index contributed by atoms with van der Waals surface area (Å²) in [6.07, 6.45) is 0.500. The van der Waals surface area contributed by atoms with Gasteiger partial charge in [-0.3, -0.25) is 9.69 Å². The van der Waals surface area contributed by atoms with E-state index in [-0.39, 0.29) is 5.91 Å². The second-order valence-corrected chi connectivity index (χ2v) is 2.56. The predicted octanol–water partition coefficient (Wildman–Crippen LogP) is -0.434. The Morgan fingerprint density at radius 2 is 2.33 bits per heavy atom. The number of nitrogens with zero attached hydrogens (tertiary/aromatic N) is 1. The fourth-order valence-corrected chi connectivity index (χ4v) is 0.919. The van der Waals surface area contributed by atoms with Crippen LogP contribution in [0.5, 0.6) is 0 Å². The molecule has 0 radical (unpaired) electrons. The van der Waals surface area contributed by atoms with Crippen LogP contribution in [-0.2, 0) is 4.79 Å². The molecule has 1 atom stereocenters. The van der Waals surface area contributed by atoms with Gasteiger partial charge in [-0.15, -0.1) is 0 Å². The lowest BCUT2D eigenvalue weighted by molar-refractivity contribution is -0.118. The van der Waals surface area contributed by atoms with Gasteiger partial charge in [0.15, 0.2) is 0 Å². The van der Waals surface area contributed by atoms with Gasteiger partial charge in [0.2, 0.25) is 5.91 Å². The minimum atomic E-state index is -0.200. The summed E-state index contributed by atoms with van der Waals surface area (Å²) in [5.74, 6) is -0.200. The normalized spacial score (nSPS) is 21.4. The first-order valence-electron chi connectivity index (χ1n) is 3.22. The third-order valence-electron chi connectivity index (χ3n) is 1.60. The highest BCUT2D eigenvalue weighted by atomic mass is 16.1. The molecular formula is C6H12N2O. The Morgan fingerprint density at radius 1 is 1.78 bits per heavy atom.